The summed E-state index contributed by atoms with van der Waals surface area (Å²) < 4.78 is 0. The van der Waals surface area contributed by atoms with E-state index in [0.717, 1.165) is 19.6 Å². The number of hydrogen-bond donors (Lipinski definition) is 2. The van der Waals surface area contributed by atoms with E-state index in [1.165, 1.54) is 48.9 Å². The quantitative estimate of drug-likeness (QED) is 0.809. The zero-order chi connectivity index (χ0) is 15.1. The molecule has 0 unspecified atom stereocenters. The Labute approximate surface area is 129 Å². The number of benzene rings is 1. The van der Waals surface area contributed by atoms with E-state index in [-0.39, 0.29) is 6.61 Å². The summed E-state index contributed by atoms with van der Waals surface area (Å²) in [5, 5.41) is 12.9. The third-order valence-electron chi connectivity index (χ3n) is 4.47. The van der Waals surface area contributed by atoms with Crippen LogP contribution in [0.25, 0.3) is 0 Å². The standard InChI is InChI=1S/C18H30N2O/c1-3-19-14-16-13-15(2)9-10-18(16)20(11-12-21)17-7-5-4-6-8-17/h9-10,13,17,19,21H,3-8,11-12,14H2,1-2H3. The third kappa shape index (κ3) is 4.45. The van der Waals surface area contributed by atoms with Gasteiger partial charge in [-0.1, -0.05) is 43.9 Å². The molecule has 1 aromatic rings. The van der Waals surface area contributed by atoms with Gasteiger partial charge in [-0.15, -0.1) is 0 Å². The smallest absolute Gasteiger partial charge is 0.0606 e. The number of nitrogens with zero attached hydrogens (tertiary/aromatic N) is 1. The van der Waals surface area contributed by atoms with Crippen molar-refractivity contribution in [2.24, 2.45) is 0 Å². The second-order valence-corrected chi connectivity index (χ2v) is 6.12. The van der Waals surface area contributed by atoms with Gasteiger partial charge < -0.3 is 15.3 Å². The average Bonchev–Trinajstić information content (AvgIpc) is 2.52. The van der Waals surface area contributed by atoms with Gasteiger partial charge >= 0.3 is 0 Å². The molecule has 21 heavy (non-hydrogen) atoms. The Morgan fingerprint density at radius 1 is 1.24 bits per heavy atom. The molecule has 0 amide bonds. The maximum absolute atomic E-state index is 9.49. The number of rotatable bonds is 7. The molecule has 0 aromatic heterocycles. The molecule has 3 nitrogen and oxygen atoms in total. The molecule has 118 valence electrons. The molecule has 0 atom stereocenters. The van der Waals surface area contributed by atoms with Gasteiger partial charge in [-0.2, -0.15) is 0 Å². The monoisotopic (exact) mass is 290 g/mol. The Morgan fingerprint density at radius 3 is 2.67 bits per heavy atom. The number of aryl methyl sites for hydroxylation is 1. The first-order valence-electron chi connectivity index (χ1n) is 8.44. The molecular formula is C18H30N2O. The molecular weight excluding hydrogens is 260 g/mol. The maximum Gasteiger partial charge on any atom is 0.0606 e. The van der Waals surface area contributed by atoms with Crippen molar-refractivity contribution in [3.8, 4) is 0 Å². The van der Waals surface area contributed by atoms with Gasteiger partial charge in [0.25, 0.3) is 0 Å². The minimum absolute atomic E-state index is 0.227. The van der Waals surface area contributed by atoms with E-state index < -0.39 is 0 Å². The predicted molar refractivity (Wildman–Crippen MR) is 89.9 cm³/mol. The summed E-state index contributed by atoms with van der Waals surface area (Å²) in [5.41, 5.74) is 3.97. The largest absolute Gasteiger partial charge is 0.395 e. The zero-order valence-corrected chi connectivity index (χ0v) is 13.6. The lowest BCUT2D eigenvalue weighted by molar-refractivity contribution is 0.290. The fourth-order valence-corrected chi connectivity index (χ4v) is 3.40. The van der Waals surface area contributed by atoms with Crippen LogP contribution in [0.3, 0.4) is 0 Å². The highest BCUT2D eigenvalue weighted by atomic mass is 16.3. The van der Waals surface area contributed by atoms with Crippen molar-refractivity contribution in [2.45, 2.75) is 58.5 Å². The molecule has 1 aromatic carbocycles. The van der Waals surface area contributed by atoms with Crippen molar-refractivity contribution >= 4 is 5.69 Å². The van der Waals surface area contributed by atoms with Gasteiger partial charge in [0.2, 0.25) is 0 Å². The highest BCUT2D eigenvalue weighted by Gasteiger charge is 2.22. The molecule has 2 rings (SSSR count). The summed E-state index contributed by atoms with van der Waals surface area (Å²) in [5.74, 6) is 0. The van der Waals surface area contributed by atoms with Gasteiger partial charge in [0.05, 0.1) is 6.61 Å². The summed E-state index contributed by atoms with van der Waals surface area (Å²) in [6, 6.07) is 7.31. The van der Waals surface area contributed by atoms with Crippen molar-refractivity contribution in [2.75, 3.05) is 24.6 Å². The third-order valence-corrected chi connectivity index (χ3v) is 4.47. The SMILES string of the molecule is CCNCc1cc(C)ccc1N(CCO)C1CCCCC1. The number of aliphatic hydroxyl groups is 1. The molecule has 0 saturated heterocycles. The van der Waals surface area contributed by atoms with Crippen molar-refractivity contribution in [1.82, 2.24) is 5.32 Å². The fourth-order valence-electron chi connectivity index (χ4n) is 3.40. The molecule has 2 N–H and O–H groups in total. The summed E-state index contributed by atoms with van der Waals surface area (Å²) >= 11 is 0. The molecule has 0 spiro atoms. The Bertz CT molecular complexity index is 427. The van der Waals surface area contributed by atoms with E-state index in [1.807, 2.05) is 0 Å². The van der Waals surface area contributed by atoms with Crippen LogP contribution in [0.4, 0.5) is 5.69 Å². The Kier molecular flexibility index (Phi) is 6.52. The highest BCUT2D eigenvalue weighted by Crippen LogP contribution is 2.30. The molecule has 3 heteroatoms. The van der Waals surface area contributed by atoms with E-state index in [4.69, 9.17) is 0 Å². The van der Waals surface area contributed by atoms with Gasteiger partial charge in [0.15, 0.2) is 0 Å². The van der Waals surface area contributed by atoms with E-state index >= 15 is 0 Å². The molecule has 0 heterocycles. The first-order chi connectivity index (χ1) is 10.3. The van der Waals surface area contributed by atoms with E-state index in [2.05, 4.69) is 42.3 Å². The number of aliphatic hydroxyl groups excluding tert-OH is 1. The molecule has 1 aliphatic rings. The normalized spacial score (nSPS) is 16.1. The van der Waals surface area contributed by atoms with Gasteiger partial charge in [-0.05, 0) is 37.9 Å². The second kappa shape index (κ2) is 8.40. The Morgan fingerprint density at radius 2 is 2.00 bits per heavy atom. The second-order valence-electron chi connectivity index (χ2n) is 6.12. The van der Waals surface area contributed by atoms with Crippen molar-refractivity contribution in [1.29, 1.82) is 0 Å². The van der Waals surface area contributed by atoms with Crippen LogP contribution in [0.15, 0.2) is 18.2 Å². The predicted octanol–water partition coefficient (Wildman–Crippen LogP) is 3.24. The van der Waals surface area contributed by atoms with Crippen molar-refractivity contribution in [3.05, 3.63) is 29.3 Å². The van der Waals surface area contributed by atoms with E-state index in [1.54, 1.807) is 0 Å². The Balaban J connectivity index is 2.24. The number of nitrogens with one attached hydrogen (secondary N) is 1. The minimum Gasteiger partial charge on any atom is -0.395 e. The minimum atomic E-state index is 0.227. The van der Waals surface area contributed by atoms with Crippen LogP contribution in [0.2, 0.25) is 0 Å². The highest BCUT2D eigenvalue weighted by molar-refractivity contribution is 5.56. The van der Waals surface area contributed by atoms with Crippen LogP contribution in [0, 0.1) is 6.92 Å². The topological polar surface area (TPSA) is 35.5 Å². The summed E-state index contributed by atoms with van der Waals surface area (Å²) in [6.07, 6.45) is 6.52. The number of anilines is 1. The lowest BCUT2D eigenvalue weighted by Crippen LogP contribution is -2.39. The molecule has 1 aliphatic carbocycles. The van der Waals surface area contributed by atoms with Crippen LogP contribution < -0.4 is 10.2 Å². The van der Waals surface area contributed by atoms with Crippen molar-refractivity contribution < 1.29 is 5.11 Å². The summed E-state index contributed by atoms with van der Waals surface area (Å²) in [7, 11) is 0. The van der Waals surface area contributed by atoms with Crippen LogP contribution in [-0.4, -0.2) is 30.8 Å². The van der Waals surface area contributed by atoms with Gasteiger partial charge in [0, 0.05) is 24.8 Å². The zero-order valence-electron chi connectivity index (χ0n) is 13.6. The number of hydrogen-bond acceptors (Lipinski definition) is 3. The van der Waals surface area contributed by atoms with Gasteiger partial charge in [-0.3, -0.25) is 0 Å². The maximum atomic E-state index is 9.49. The molecule has 1 fully saturated rings. The summed E-state index contributed by atoms with van der Waals surface area (Å²) in [4.78, 5) is 2.45. The lowest BCUT2D eigenvalue weighted by Gasteiger charge is -2.37. The molecule has 0 bridgehead atoms. The average molecular weight is 290 g/mol. The lowest BCUT2D eigenvalue weighted by atomic mass is 9.93. The van der Waals surface area contributed by atoms with Crippen LogP contribution in [-0.2, 0) is 6.54 Å². The van der Waals surface area contributed by atoms with Crippen LogP contribution in [0.5, 0.6) is 0 Å². The molecule has 0 radical (unpaired) electrons. The van der Waals surface area contributed by atoms with Crippen molar-refractivity contribution in [3.63, 3.8) is 0 Å². The van der Waals surface area contributed by atoms with Crippen LogP contribution >= 0.6 is 0 Å². The molecule has 1 saturated carbocycles. The Hall–Kier alpha value is -1.06. The fraction of sp³-hybridized carbons (Fsp3) is 0.667. The summed E-state index contributed by atoms with van der Waals surface area (Å²) in [6.45, 7) is 7.15. The van der Waals surface area contributed by atoms with E-state index in [0.29, 0.717) is 6.04 Å². The first-order valence-corrected chi connectivity index (χ1v) is 8.44. The van der Waals surface area contributed by atoms with Gasteiger partial charge in [-0.25, -0.2) is 0 Å². The van der Waals surface area contributed by atoms with E-state index in [9.17, 15) is 5.11 Å². The first kappa shape index (κ1) is 16.3. The van der Waals surface area contributed by atoms with Gasteiger partial charge in [0.1, 0.15) is 0 Å². The van der Waals surface area contributed by atoms with Crippen LogP contribution in [0.1, 0.15) is 50.2 Å². The molecule has 0 aliphatic heterocycles.